The summed E-state index contributed by atoms with van der Waals surface area (Å²) in [6.07, 6.45) is 0. The summed E-state index contributed by atoms with van der Waals surface area (Å²) in [6, 6.07) is 70.3. The molecule has 12 rings (SSSR count). The van der Waals surface area contributed by atoms with Crippen LogP contribution >= 0.6 is 11.3 Å². The lowest BCUT2D eigenvalue weighted by molar-refractivity contribution is 0.670. The average Bonchev–Trinajstić information content (AvgIpc) is 3.91. The summed E-state index contributed by atoms with van der Waals surface area (Å²) < 4.78 is 9.25. The molecule has 0 atom stereocenters. The molecule has 0 bridgehead atoms. The molecule has 0 saturated carbocycles. The third kappa shape index (κ3) is 5.70. The molecule has 0 aliphatic heterocycles. The van der Waals surface area contributed by atoms with Gasteiger partial charge in [-0.3, -0.25) is 0 Å². The summed E-state index contributed by atoms with van der Waals surface area (Å²) in [5.74, 6) is 1.79. The van der Waals surface area contributed by atoms with Crippen LogP contribution in [0.3, 0.4) is 0 Å². The van der Waals surface area contributed by atoms with Crippen LogP contribution in [0.25, 0.3) is 120 Å². The topological polar surface area (TPSA) is 51.8 Å². The van der Waals surface area contributed by atoms with Gasteiger partial charge >= 0.3 is 0 Å². The van der Waals surface area contributed by atoms with Crippen LogP contribution in [0.4, 0.5) is 0 Å². The predicted octanol–water partition coefficient (Wildman–Crippen LogP) is 15.3. The molecular formula is C55H33N3OS. The van der Waals surface area contributed by atoms with E-state index in [1.54, 1.807) is 11.3 Å². The summed E-state index contributed by atoms with van der Waals surface area (Å²) in [6.45, 7) is 0. The van der Waals surface area contributed by atoms with Crippen LogP contribution in [-0.4, -0.2) is 15.0 Å². The Hall–Kier alpha value is -7.73. The SMILES string of the molecule is c1ccc(-c2cccc(-c3ccc4oc5c(-c6nc(-c7ccccc7)nc(-c7cccc8c7sc7cccc(-c9ccccc9)c78)n6)cc6ccccc6c5c4c3)c2)cc1. The van der Waals surface area contributed by atoms with Gasteiger partial charge in [0.25, 0.3) is 0 Å². The van der Waals surface area contributed by atoms with Gasteiger partial charge in [-0.05, 0) is 80.6 Å². The summed E-state index contributed by atoms with van der Waals surface area (Å²) in [5.41, 5.74) is 11.3. The van der Waals surface area contributed by atoms with Crippen molar-refractivity contribution in [2.24, 2.45) is 0 Å². The predicted molar refractivity (Wildman–Crippen MR) is 250 cm³/mol. The van der Waals surface area contributed by atoms with E-state index in [-0.39, 0.29) is 0 Å². The first kappa shape index (κ1) is 34.3. The Morgan fingerprint density at radius 3 is 1.73 bits per heavy atom. The number of aromatic nitrogens is 3. The number of nitrogens with zero attached hydrogens (tertiary/aromatic N) is 3. The molecule has 0 unspecified atom stereocenters. The van der Waals surface area contributed by atoms with E-state index in [1.165, 1.54) is 37.7 Å². The van der Waals surface area contributed by atoms with Crippen LogP contribution < -0.4 is 0 Å². The zero-order valence-electron chi connectivity index (χ0n) is 32.2. The van der Waals surface area contributed by atoms with Crippen molar-refractivity contribution in [1.82, 2.24) is 15.0 Å². The lowest BCUT2D eigenvalue weighted by atomic mass is 9.96. The van der Waals surface area contributed by atoms with Crippen LogP contribution in [0.15, 0.2) is 205 Å². The third-order valence-electron chi connectivity index (χ3n) is 11.5. The number of thiophene rings is 1. The van der Waals surface area contributed by atoms with Crippen LogP contribution in [0.2, 0.25) is 0 Å². The number of furan rings is 1. The Labute approximate surface area is 349 Å². The van der Waals surface area contributed by atoms with Gasteiger partial charge in [-0.2, -0.15) is 0 Å². The highest BCUT2D eigenvalue weighted by Gasteiger charge is 2.22. The minimum atomic E-state index is 0.563. The molecule has 3 heterocycles. The van der Waals surface area contributed by atoms with Gasteiger partial charge in [-0.25, -0.2) is 15.0 Å². The molecule has 0 saturated heterocycles. The molecular weight excluding hydrogens is 751 g/mol. The standard InChI is InChI=1S/C55H33N3OS/c1-4-15-34(16-5-1)37-22-12-23-38(31-37)39-29-30-47-45(32-39)50-42-24-11-10-21-40(42)33-46(51(50)59-47)55-57-53(36-19-8-3-9-20-36)56-54(58-55)44-27-13-26-43-49-41(35-17-6-2-7-18-35)25-14-28-48(49)60-52(43)44/h1-33H. The van der Waals surface area contributed by atoms with Crippen LogP contribution in [-0.2, 0) is 0 Å². The van der Waals surface area contributed by atoms with Gasteiger partial charge < -0.3 is 4.42 Å². The van der Waals surface area contributed by atoms with E-state index in [4.69, 9.17) is 19.4 Å². The zero-order valence-corrected chi connectivity index (χ0v) is 33.0. The molecule has 0 N–H and O–H groups in total. The molecule has 0 radical (unpaired) electrons. The van der Waals surface area contributed by atoms with Gasteiger partial charge in [0.15, 0.2) is 17.5 Å². The van der Waals surface area contributed by atoms with Gasteiger partial charge in [0, 0.05) is 42.1 Å². The minimum Gasteiger partial charge on any atom is -0.455 e. The Morgan fingerprint density at radius 1 is 0.350 bits per heavy atom. The first-order chi connectivity index (χ1) is 29.7. The molecule has 60 heavy (non-hydrogen) atoms. The van der Waals surface area contributed by atoms with Gasteiger partial charge in [0.1, 0.15) is 11.2 Å². The van der Waals surface area contributed by atoms with Crippen molar-refractivity contribution in [3.8, 4) is 67.5 Å². The summed E-state index contributed by atoms with van der Waals surface area (Å²) in [4.78, 5) is 15.8. The summed E-state index contributed by atoms with van der Waals surface area (Å²) in [5, 5.41) is 6.72. The Bertz CT molecular complexity index is 3590. The molecule has 0 fully saturated rings. The molecule has 0 aliphatic carbocycles. The van der Waals surface area contributed by atoms with Crippen LogP contribution in [0.5, 0.6) is 0 Å². The van der Waals surface area contributed by atoms with Crippen molar-refractivity contribution >= 4 is 64.2 Å². The van der Waals surface area contributed by atoms with E-state index >= 15 is 0 Å². The van der Waals surface area contributed by atoms with Gasteiger partial charge in [-0.1, -0.05) is 164 Å². The lowest BCUT2D eigenvalue weighted by Crippen LogP contribution is -2.00. The number of hydrogen-bond acceptors (Lipinski definition) is 5. The average molecular weight is 784 g/mol. The maximum absolute atomic E-state index is 6.89. The normalized spacial score (nSPS) is 11.7. The van der Waals surface area contributed by atoms with Crippen molar-refractivity contribution in [2.45, 2.75) is 0 Å². The second-order valence-corrected chi connectivity index (χ2v) is 16.2. The minimum absolute atomic E-state index is 0.563. The lowest BCUT2D eigenvalue weighted by Gasteiger charge is -2.11. The first-order valence-electron chi connectivity index (χ1n) is 20.1. The van der Waals surface area contributed by atoms with Crippen LogP contribution in [0.1, 0.15) is 0 Å². The van der Waals surface area contributed by atoms with E-state index in [9.17, 15) is 0 Å². The maximum Gasteiger partial charge on any atom is 0.167 e. The second kappa shape index (κ2) is 14.0. The van der Waals surface area contributed by atoms with Crippen molar-refractivity contribution in [3.63, 3.8) is 0 Å². The molecule has 0 amide bonds. The summed E-state index contributed by atoms with van der Waals surface area (Å²) >= 11 is 1.78. The summed E-state index contributed by atoms with van der Waals surface area (Å²) in [7, 11) is 0. The second-order valence-electron chi connectivity index (χ2n) is 15.1. The third-order valence-corrected chi connectivity index (χ3v) is 12.7. The van der Waals surface area contributed by atoms with E-state index in [2.05, 4.69) is 182 Å². The number of benzene rings is 9. The largest absolute Gasteiger partial charge is 0.455 e. The number of hydrogen-bond donors (Lipinski definition) is 0. The number of fused-ring (bicyclic) bond motifs is 8. The van der Waals surface area contributed by atoms with E-state index in [0.29, 0.717) is 17.5 Å². The first-order valence-corrected chi connectivity index (χ1v) is 20.9. The Balaban J connectivity index is 1.08. The quantitative estimate of drug-likeness (QED) is 0.169. The molecule has 280 valence electrons. The highest BCUT2D eigenvalue weighted by molar-refractivity contribution is 7.26. The molecule has 3 aromatic heterocycles. The molecule has 0 aliphatic rings. The van der Waals surface area contributed by atoms with Gasteiger partial charge in [-0.15, -0.1) is 11.3 Å². The van der Waals surface area contributed by atoms with Gasteiger partial charge in [0.05, 0.1) is 5.56 Å². The van der Waals surface area contributed by atoms with E-state index < -0.39 is 0 Å². The van der Waals surface area contributed by atoms with Gasteiger partial charge in [0.2, 0.25) is 0 Å². The van der Waals surface area contributed by atoms with Crippen LogP contribution in [0, 0.1) is 0 Å². The van der Waals surface area contributed by atoms with Crippen molar-refractivity contribution in [1.29, 1.82) is 0 Å². The smallest absolute Gasteiger partial charge is 0.167 e. The van der Waals surface area contributed by atoms with E-state index in [0.717, 1.165) is 65.2 Å². The highest BCUT2D eigenvalue weighted by atomic mass is 32.1. The van der Waals surface area contributed by atoms with Crippen molar-refractivity contribution in [2.75, 3.05) is 0 Å². The highest BCUT2D eigenvalue weighted by Crippen LogP contribution is 2.45. The van der Waals surface area contributed by atoms with E-state index in [1.807, 2.05) is 18.2 Å². The fraction of sp³-hybridized carbons (Fsp3) is 0. The maximum atomic E-state index is 6.89. The number of rotatable bonds is 6. The Morgan fingerprint density at radius 2 is 0.933 bits per heavy atom. The van der Waals surface area contributed by atoms with Crippen molar-refractivity contribution < 1.29 is 4.42 Å². The zero-order chi connectivity index (χ0) is 39.6. The molecule has 4 nitrogen and oxygen atoms in total. The molecule has 0 spiro atoms. The monoisotopic (exact) mass is 783 g/mol. The fourth-order valence-corrected chi connectivity index (χ4v) is 9.93. The molecule has 12 aromatic rings. The fourth-order valence-electron chi connectivity index (χ4n) is 8.70. The Kier molecular flexibility index (Phi) is 8.00. The molecule has 5 heteroatoms. The molecule has 9 aromatic carbocycles. The van der Waals surface area contributed by atoms with Crippen molar-refractivity contribution in [3.05, 3.63) is 200 Å².